The smallest absolute Gasteiger partial charge is 0.416 e. The molecule has 0 aliphatic rings. The summed E-state index contributed by atoms with van der Waals surface area (Å²) in [7, 11) is 0. The highest BCUT2D eigenvalue weighted by Gasteiger charge is 2.36. The van der Waals surface area contributed by atoms with Gasteiger partial charge in [0, 0.05) is 5.39 Å². The third kappa shape index (κ3) is 5.93. The lowest BCUT2D eigenvalue weighted by atomic mass is 9.81. The number of hydrogen-bond donors (Lipinski definition) is 3. The highest BCUT2D eigenvalue weighted by Crippen LogP contribution is 2.32. The van der Waals surface area contributed by atoms with Gasteiger partial charge in [-0.25, -0.2) is 9.78 Å². The average molecular weight is 505 g/mol. The second-order valence-electron chi connectivity index (χ2n) is 9.04. The molecular weight excluding hydrogens is 477 g/mol. The van der Waals surface area contributed by atoms with Crippen molar-refractivity contribution in [2.45, 2.75) is 52.6 Å². The van der Waals surface area contributed by atoms with Crippen LogP contribution in [-0.4, -0.2) is 33.1 Å². The molecule has 10 heteroatoms. The Hall–Kier alpha value is -3.66. The van der Waals surface area contributed by atoms with E-state index in [1.807, 2.05) is 6.92 Å². The second-order valence-corrected chi connectivity index (χ2v) is 9.04. The Labute approximate surface area is 205 Å². The number of hydrogen-bond acceptors (Lipinski definition) is 5. The molecule has 3 N–H and O–H groups in total. The highest BCUT2D eigenvalue weighted by atomic mass is 19.4. The first-order chi connectivity index (χ1) is 16.9. The molecule has 3 rings (SSSR count). The number of rotatable bonds is 9. The molecule has 0 aliphatic carbocycles. The molecule has 0 saturated heterocycles. The van der Waals surface area contributed by atoms with Gasteiger partial charge in [-0.2, -0.15) is 13.2 Å². The van der Waals surface area contributed by atoms with E-state index in [1.165, 1.54) is 18.2 Å². The summed E-state index contributed by atoms with van der Waals surface area (Å²) in [6.07, 6.45) is -3.99. The number of ether oxygens (including phenoxy) is 1. The largest absolute Gasteiger partial charge is 0.486 e. The predicted molar refractivity (Wildman–Crippen MR) is 126 cm³/mol. The van der Waals surface area contributed by atoms with Crippen LogP contribution >= 0.6 is 0 Å². The van der Waals surface area contributed by atoms with Gasteiger partial charge in [0.05, 0.1) is 23.4 Å². The van der Waals surface area contributed by atoms with Gasteiger partial charge in [0.1, 0.15) is 18.2 Å². The summed E-state index contributed by atoms with van der Waals surface area (Å²) in [5.74, 6) is -1.87. The third-order valence-corrected chi connectivity index (χ3v) is 6.16. The van der Waals surface area contributed by atoms with Gasteiger partial charge in [-0.05, 0) is 41.7 Å². The Morgan fingerprint density at radius 2 is 1.69 bits per heavy atom. The molecule has 0 spiro atoms. The molecular formula is C26H27F3N2O5. The Balaban J connectivity index is 2.01. The molecule has 192 valence electrons. The number of carbonyl (C=O) groups is 2. The summed E-state index contributed by atoms with van der Waals surface area (Å²) in [6, 6.07) is 9.58. The number of halogens is 3. The fourth-order valence-electron chi connectivity index (χ4n) is 3.57. The molecule has 0 aliphatic heterocycles. The number of aliphatic carboxylic acids is 1. The van der Waals surface area contributed by atoms with Crippen molar-refractivity contribution in [1.29, 1.82) is 0 Å². The first kappa shape index (κ1) is 26.9. The number of nitrogens with one attached hydrogen (secondary N) is 1. The van der Waals surface area contributed by atoms with E-state index >= 15 is 0 Å². The summed E-state index contributed by atoms with van der Waals surface area (Å²) >= 11 is 0. The number of pyridine rings is 1. The quantitative estimate of drug-likeness (QED) is 0.381. The number of aliphatic hydroxyl groups excluding tert-OH is 1. The van der Waals surface area contributed by atoms with Gasteiger partial charge in [0.2, 0.25) is 0 Å². The van der Waals surface area contributed by atoms with Gasteiger partial charge in [-0.1, -0.05) is 45.0 Å². The number of nitrogens with zero attached hydrogens (tertiary/aromatic N) is 1. The summed E-state index contributed by atoms with van der Waals surface area (Å²) < 4.78 is 44.6. The van der Waals surface area contributed by atoms with Crippen molar-refractivity contribution in [3.05, 3.63) is 70.9 Å². The van der Waals surface area contributed by atoms with Crippen molar-refractivity contribution in [1.82, 2.24) is 10.3 Å². The topological polar surface area (TPSA) is 109 Å². The first-order valence-corrected chi connectivity index (χ1v) is 11.2. The molecule has 0 radical (unpaired) electrons. The van der Waals surface area contributed by atoms with Crippen LogP contribution in [0.1, 0.15) is 54.4 Å². The number of alkyl halides is 3. The number of aromatic nitrogens is 1. The fraction of sp³-hybridized carbons (Fsp3) is 0.346. The second kappa shape index (κ2) is 10.5. The first-order valence-electron chi connectivity index (χ1n) is 11.2. The molecule has 7 nitrogen and oxygen atoms in total. The molecule has 2 aromatic carbocycles. The minimum atomic E-state index is -4.47. The molecule has 1 amide bonds. The Kier molecular flexibility index (Phi) is 7.88. The molecule has 3 aromatic rings. The zero-order valence-corrected chi connectivity index (χ0v) is 20.0. The Bertz CT molecular complexity index is 1260. The summed E-state index contributed by atoms with van der Waals surface area (Å²) in [5, 5.41) is 22.4. The van der Waals surface area contributed by atoms with Crippen LogP contribution < -0.4 is 10.1 Å². The monoisotopic (exact) mass is 504 g/mol. The van der Waals surface area contributed by atoms with E-state index in [2.05, 4.69) is 10.3 Å². The van der Waals surface area contributed by atoms with E-state index in [-0.39, 0.29) is 30.0 Å². The lowest BCUT2D eigenvalue weighted by Crippen LogP contribution is -2.50. The van der Waals surface area contributed by atoms with Gasteiger partial charge >= 0.3 is 12.1 Å². The van der Waals surface area contributed by atoms with Crippen molar-refractivity contribution in [2.24, 2.45) is 5.41 Å². The summed E-state index contributed by atoms with van der Waals surface area (Å²) in [5.41, 5.74) is -0.556. The minimum Gasteiger partial charge on any atom is -0.486 e. The predicted octanol–water partition coefficient (Wildman–Crippen LogP) is 4.94. The molecule has 0 unspecified atom stereocenters. The van der Waals surface area contributed by atoms with Crippen molar-refractivity contribution >= 4 is 22.8 Å². The van der Waals surface area contributed by atoms with E-state index in [0.717, 1.165) is 12.1 Å². The van der Waals surface area contributed by atoms with Gasteiger partial charge in [0.25, 0.3) is 5.91 Å². The number of aliphatic hydroxyl groups is 1. The van der Waals surface area contributed by atoms with Crippen molar-refractivity contribution in [3.63, 3.8) is 0 Å². The van der Waals surface area contributed by atoms with E-state index in [4.69, 9.17) is 4.74 Å². The van der Waals surface area contributed by atoms with Crippen LogP contribution in [0, 0.1) is 5.41 Å². The van der Waals surface area contributed by atoms with Crippen LogP contribution in [0.5, 0.6) is 5.75 Å². The van der Waals surface area contributed by atoms with Crippen LogP contribution in [0.2, 0.25) is 0 Å². The van der Waals surface area contributed by atoms with Gasteiger partial charge in [-0.3, -0.25) is 4.79 Å². The molecule has 0 fully saturated rings. The standard InChI is InChI=1S/C26H27F3N2O5/c1-4-25(2,3)22(24(34)35)31-23(33)19-12-8-16-7-11-18(13-32)30-20(16)21(19)36-14-15-5-9-17(10-6-15)26(27,28)29/h5-12,22,32H,4,13-14H2,1-3H3,(H,31,33)(H,34,35)/t22-/m1/s1. The van der Waals surface area contributed by atoms with Gasteiger partial charge in [-0.15, -0.1) is 0 Å². The highest BCUT2D eigenvalue weighted by molar-refractivity contribution is 6.04. The van der Waals surface area contributed by atoms with E-state index in [9.17, 15) is 33.0 Å². The zero-order chi connectivity index (χ0) is 26.7. The van der Waals surface area contributed by atoms with Crippen molar-refractivity contribution in [2.75, 3.05) is 0 Å². The number of carboxylic acid groups (broad SMARTS) is 1. The molecule has 1 atom stereocenters. The number of fused-ring (bicyclic) bond motifs is 1. The van der Waals surface area contributed by atoms with Crippen LogP contribution in [0.4, 0.5) is 13.2 Å². The normalized spacial score (nSPS) is 12.9. The maximum atomic E-state index is 13.3. The van der Waals surface area contributed by atoms with Crippen LogP contribution in [0.3, 0.4) is 0 Å². The van der Waals surface area contributed by atoms with E-state index < -0.39 is 35.1 Å². The third-order valence-electron chi connectivity index (χ3n) is 6.16. The SMILES string of the molecule is CCC(C)(C)[C@H](NC(=O)c1ccc2ccc(CO)nc2c1OCc1ccc(C(F)(F)F)cc1)C(=O)O. The average Bonchev–Trinajstić information content (AvgIpc) is 2.84. The molecule has 0 bridgehead atoms. The molecule has 36 heavy (non-hydrogen) atoms. The fourth-order valence-corrected chi connectivity index (χ4v) is 3.57. The van der Waals surface area contributed by atoms with E-state index in [0.29, 0.717) is 23.1 Å². The Morgan fingerprint density at radius 3 is 2.25 bits per heavy atom. The lowest BCUT2D eigenvalue weighted by Gasteiger charge is -2.31. The maximum absolute atomic E-state index is 13.3. The molecule has 0 saturated carbocycles. The van der Waals surface area contributed by atoms with Crippen LogP contribution in [-0.2, 0) is 24.2 Å². The van der Waals surface area contributed by atoms with Gasteiger partial charge < -0.3 is 20.3 Å². The number of carbonyl (C=O) groups excluding carboxylic acids is 1. The molecule has 1 heterocycles. The van der Waals surface area contributed by atoms with Crippen molar-refractivity contribution < 1.29 is 37.7 Å². The summed E-state index contributed by atoms with van der Waals surface area (Å²) in [6.45, 7) is 4.73. The van der Waals surface area contributed by atoms with Crippen LogP contribution in [0.15, 0.2) is 48.5 Å². The molecule has 1 aromatic heterocycles. The number of carboxylic acids is 1. The van der Waals surface area contributed by atoms with E-state index in [1.54, 1.807) is 32.0 Å². The zero-order valence-electron chi connectivity index (χ0n) is 20.0. The lowest BCUT2D eigenvalue weighted by molar-refractivity contribution is -0.142. The number of benzene rings is 2. The van der Waals surface area contributed by atoms with Crippen molar-refractivity contribution in [3.8, 4) is 5.75 Å². The van der Waals surface area contributed by atoms with Gasteiger partial charge in [0.15, 0.2) is 5.75 Å². The van der Waals surface area contributed by atoms with Crippen LogP contribution in [0.25, 0.3) is 10.9 Å². The summed E-state index contributed by atoms with van der Waals surface area (Å²) in [4.78, 5) is 29.5. The Morgan fingerprint density at radius 1 is 1.06 bits per heavy atom. The minimum absolute atomic E-state index is 0.00940. The maximum Gasteiger partial charge on any atom is 0.416 e. The number of amides is 1.